The van der Waals surface area contributed by atoms with Crippen LogP contribution < -0.4 is 10.1 Å². The Kier molecular flexibility index (Phi) is 8.19. The van der Waals surface area contributed by atoms with Gasteiger partial charge in [0.15, 0.2) is 11.9 Å². The highest BCUT2D eigenvalue weighted by Crippen LogP contribution is 2.62. The SMILES string of the molecule is COc1ccc2c(c1)CC[C@@H]1[C@@H]2CC[C@]2(C)[C@@H](O)[C@H](NC(=O)CCC(=O)O[C@@H]3O[C@@H]4OC5(C)CC[C@H]6[C@H](C)CC[C@@H]([C@H]3C)[C@@]46OO5)C[C@@H]12. The molecule has 10 heteroatoms. The molecule has 264 valence electrons. The zero-order valence-electron chi connectivity index (χ0n) is 29.1. The summed E-state index contributed by atoms with van der Waals surface area (Å²) in [7, 11) is 1.71. The van der Waals surface area contributed by atoms with Gasteiger partial charge in [-0.25, -0.2) is 9.78 Å². The van der Waals surface area contributed by atoms with Crippen molar-refractivity contribution < 1.29 is 43.4 Å². The summed E-state index contributed by atoms with van der Waals surface area (Å²) in [6.07, 6.45) is 6.24. The molecule has 10 nitrogen and oxygen atoms in total. The van der Waals surface area contributed by atoms with Crippen molar-refractivity contribution in [3.63, 3.8) is 0 Å². The molecule has 8 aliphatic rings. The second-order valence-electron chi connectivity index (χ2n) is 16.6. The Bertz CT molecular complexity index is 1440. The first kappa shape index (κ1) is 32.9. The van der Waals surface area contributed by atoms with Crippen LogP contribution in [0.1, 0.15) is 109 Å². The van der Waals surface area contributed by atoms with Crippen LogP contribution in [0.4, 0.5) is 0 Å². The molecule has 1 aromatic rings. The molecule has 1 unspecified atom stereocenters. The molecule has 4 saturated heterocycles. The molecule has 1 amide bonds. The number of benzene rings is 1. The Balaban J connectivity index is 0.878. The molecular weight excluding hydrogens is 614 g/mol. The maximum Gasteiger partial charge on any atom is 0.308 e. The van der Waals surface area contributed by atoms with Crippen LogP contribution in [0.5, 0.6) is 5.75 Å². The average molecular weight is 668 g/mol. The summed E-state index contributed by atoms with van der Waals surface area (Å²) < 4.78 is 24.1. The van der Waals surface area contributed by atoms with E-state index in [1.807, 2.05) is 13.8 Å². The van der Waals surface area contributed by atoms with Crippen molar-refractivity contribution >= 4 is 11.9 Å². The Morgan fingerprint density at radius 3 is 2.65 bits per heavy atom. The van der Waals surface area contributed by atoms with Crippen LogP contribution in [0.3, 0.4) is 0 Å². The van der Waals surface area contributed by atoms with Crippen LogP contribution in [0.2, 0.25) is 0 Å². The van der Waals surface area contributed by atoms with Crippen molar-refractivity contribution in [1.82, 2.24) is 5.32 Å². The molecular formula is C38H53NO9. The van der Waals surface area contributed by atoms with Crippen LogP contribution in [0.15, 0.2) is 18.2 Å². The normalized spacial score (nSPS) is 47.1. The van der Waals surface area contributed by atoms with E-state index in [9.17, 15) is 14.7 Å². The predicted octanol–water partition coefficient (Wildman–Crippen LogP) is 5.54. The van der Waals surface area contributed by atoms with Gasteiger partial charge in [0.05, 0.1) is 25.7 Å². The first-order valence-corrected chi connectivity index (χ1v) is 18.5. The van der Waals surface area contributed by atoms with E-state index < -0.39 is 36.0 Å². The summed E-state index contributed by atoms with van der Waals surface area (Å²) in [6, 6.07) is 6.15. The van der Waals surface area contributed by atoms with Gasteiger partial charge in [-0.15, -0.1) is 0 Å². The minimum Gasteiger partial charge on any atom is -0.497 e. The van der Waals surface area contributed by atoms with Crippen molar-refractivity contribution in [1.29, 1.82) is 0 Å². The van der Waals surface area contributed by atoms with Crippen molar-refractivity contribution in [3.8, 4) is 5.75 Å². The van der Waals surface area contributed by atoms with Gasteiger partial charge in [0, 0.05) is 24.7 Å². The molecule has 2 N–H and O–H groups in total. The first-order valence-electron chi connectivity index (χ1n) is 18.5. The number of rotatable bonds is 6. The van der Waals surface area contributed by atoms with E-state index in [0.717, 1.165) is 57.1 Å². The lowest BCUT2D eigenvalue weighted by Gasteiger charge is -2.59. The van der Waals surface area contributed by atoms with Crippen LogP contribution >= 0.6 is 0 Å². The Morgan fingerprint density at radius 2 is 1.83 bits per heavy atom. The number of aliphatic hydroxyl groups is 1. The van der Waals surface area contributed by atoms with Crippen molar-refractivity contribution in [3.05, 3.63) is 29.3 Å². The molecule has 2 bridgehead atoms. The Morgan fingerprint density at radius 1 is 1.00 bits per heavy atom. The highest BCUT2D eigenvalue weighted by atomic mass is 17.3. The summed E-state index contributed by atoms with van der Waals surface area (Å²) in [5.74, 6) is 1.16. The number of hydrogen-bond donors (Lipinski definition) is 2. The number of amides is 1. The third kappa shape index (κ3) is 5.06. The fourth-order valence-corrected chi connectivity index (χ4v) is 11.5. The summed E-state index contributed by atoms with van der Waals surface area (Å²) in [5.41, 5.74) is 1.84. The standard InChI is InChI=1S/C38H53NO9/c1-20-6-11-28-21(2)34(45-35-38(28)27(20)15-17-37(4,46-35)47-48-38)44-32(41)13-12-31(40)39-30-19-29-26-9-7-22-18-23(43-5)8-10-24(22)25(26)14-16-36(29,3)33(30)42/h8,10,18,20-21,25-30,33-35,42H,6-7,9,11-17,19H2,1-5H3,(H,39,40)/t20-,21-,25-,26-,27+,28+,29+,30-,33+,34-,35-,36+,37?,38-/m1/s1. The number of ether oxygens (including phenoxy) is 4. The monoisotopic (exact) mass is 667 g/mol. The van der Waals surface area contributed by atoms with Gasteiger partial charge in [0.2, 0.25) is 18.0 Å². The number of methoxy groups -OCH3 is 1. The second-order valence-corrected chi connectivity index (χ2v) is 16.6. The maximum absolute atomic E-state index is 13.2. The van der Waals surface area contributed by atoms with Crippen molar-refractivity contribution in [2.24, 2.45) is 40.9 Å². The van der Waals surface area contributed by atoms with Crippen LogP contribution in [0.25, 0.3) is 0 Å². The second kappa shape index (κ2) is 11.9. The molecule has 9 rings (SSSR count). The number of esters is 1. The average Bonchev–Trinajstić information content (AvgIpc) is 3.16. The van der Waals surface area contributed by atoms with Gasteiger partial charge in [-0.3, -0.25) is 9.59 Å². The van der Waals surface area contributed by atoms with Crippen LogP contribution in [-0.4, -0.2) is 60.2 Å². The first-order chi connectivity index (χ1) is 23.0. The molecule has 7 fully saturated rings. The molecule has 0 radical (unpaired) electrons. The molecule has 1 spiro atoms. The largest absolute Gasteiger partial charge is 0.497 e. The van der Waals surface area contributed by atoms with E-state index in [4.69, 9.17) is 28.7 Å². The predicted molar refractivity (Wildman–Crippen MR) is 173 cm³/mol. The molecule has 48 heavy (non-hydrogen) atoms. The summed E-state index contributed by atoms with van der Waals surface area (Å²) in [6.45, 7) is 8.39. The van der Waals surface area contributed by atoms with E-state index >= 15 is 0 Å². The van der Waals surface area contributed by atoms with E-state index in [1.165, 1.54) is 11.1 Å². The van der Waals surface area contributed by atoms with Gasteiger partial charge in [-0.1, -0.05) is 26.8 Å². The van der Waals surface area contributed by atoms with E-state index in [1.54, 1.807) is 7.11 Å². The third-order valence-electron chi connectivity index (χ3n) is 14.2. The van der Waals surface area contributed by atoms with Gasteiger partial charge in [-0.2, -0.15) is 0 Å². The number of aryl methyl sites for hydroxylation is 1. The number of hydrogen-bond acceptors (Lipinski definition) is 9. The fraction of sp³-hybridized carbons (Fsp3) is 0.789. The third-order valence-corrected chi connectivity index (χ3v) is 14.2. The number of aliphatic hydroxyl groups excluding tert-OH is 1. The van der Waals surface area contributed by atoms with Crippen LogP contribution in [-0.2, 0) is 40.0 Å². The minimum atomic E-state index is -0.902. The molecule has 14 atom stereocenters. The quantitative estimate of drug-likeness (QED) is 0.298. The lowest BCUT2D eigenvalue weighted by Crippen LogP contribution is -2.70. The van der Waals surface area contributed by atoms with E-state index in [-0.39, 0.29) is 48.0 Å². The van der Waals surface area contributed by atoms with Gasteiger partial charge >= 0.3 is 5.97 Å². The summed E-state index contributed by atoms with van der Waals surface area (Å²) in [4.78, 5) is 38.4. The Hall–Kier alpha value is -2.24. The van der Waals surface area contributed by atoms with E-state index in [0.29, 0.717) is 30.1 Å². The van der Waals surface area contributed by atoms with E-state index in [2.05, 4.69) is 37.4 Å². The molecule has 0 aromatic heterocycles. The highest BCUT2D eigenvalue weighted by Gasteiger charge is 2.70. The fourth-order valence-electron chi connectivity index (χ4n) is 11.5. The molecule has 1 aromatic carbocycles. The zero-order valence-corrected chi connectivity index (χ0v) is 29.1. The lowest BCUT2D eigenvalue weighted by atomic mass is 9.55. The minimum absolute atomic E-state index is 0.00625. The maximum atomic E-state index is 13.2. The number of carbonyl (C=O) groups is 2. The van der Waals surface area contributed by atoms with Gasteiger partial charge in [-0.05, 0) is 117 Å². The lowest BCUT2D eigenvalue weighted by molar-refractivity contribution is -0.576. The van der Waals surface area contributed by atoms with Crippen molar-refractivity contribution in [2.75, 3.05) is 7.11 Å². The Labute approximate surface area is 283 Å². The van der Waals surface area contributed by atoms with Gasteiger partial charge in [0.1, 0.15) is 5.75 Å². The molecule has 4 aliphatic carbocycles. The summed E-state index contributed by atoms with van der Waals surface area (Å²) >= 11 is 0. The zero-order chi connectivity index (χ0) is 33.6. The van der Waals surface area contributed by atoms with Crippen molar-refractivity contribution in [2.45, 2.75) is 140 Å². The number of fused-ring (bicyclic) bond motifs is 7. The number of carbonyl (C=O) groups excluding carboxylic acids is 2. The number of nitrogens with one attached hydrogen (secondary N) is 1. The van der Waals surface area contributed by atoms with Gasteiger partial charge in [0.25, 0.3) is 0 Å². The smallest absolute Gasteiger partial charge is 0.308 e. The van der Waals surface area contributed by atoms with Gasteiger partial charge < -0.3 is 29.4 Å². The molecule has 4 aliphatic heterocycles. The summed E-state index contributed by atoms with van der Waals surface area (Å²) in [5, 5.41) is 14.7. The molecule has 3 saturated carbocycles. The topological polar surface area (TPSA) is 122 Å². The highest BCUT2D eigenvalue weighted by molar-refractivity contribution is 5.81. The van der Waals surface area contributed by atoms with Crippen LogP contribution in [0, 0.1) is 40.9 Å². The molecule has 4 heterocycles.